The number of ether oxygens (including phenoxy) is 1. The van der Waals surface area contributed by atoms with Crippen LogP contribution in [0, 0.1) is 0 Å². The molecule has 5 heteroatoms. The highest BCUT2D eigenvalue weighted by molar-refractivity contribution is 6.02. The number of hydrogen-bond acceptors (Lipinski definition) is 4. The predicted octanol–water partition coefficient (Wildman–Crippen LogP) is 1.80. The van der Waals surface area contributed by atoms with Crippen LogP contribution in [0.1, 0.15) is 6.92 Å². The van der Waals surface area contributed by atoms with Crippen molar-refractivity contribution < 1.29 is 24.3 Å². The largest absolute Gasteiger partial charge is 0.508 e. The number of phenolic OH excluding ortho intramolecular Hbond substituents is 1. The summed E-state index contributed by atoms with van der Waals surface area (Å²) in [5.74, 6) is 0.393. The molecule has 0 aromatic heterocycles. The molecule has 1 aromatic carbocycles. The van der Waals surface area contributed by atoms with Gasteiger partial charge in [0.15, 0.2) is 5.75 Å². The minimum atomic E-state index is -0.539. The highest BCUT2D eigenvalue weighted by atomic mass is 16.5. The van der Waals surface area contributed by atoms with Crippen molar-refractivity contribution in [2.75, 3.05) is 0 Å². The Balaban J connectivity index is 2.25. The van der Waals surface area contributed by atoms with E-state index in [1.54, 1.807) is 12.1 Å². The Morgan fingerprint density at radius 1 is 1.32 bits per heavy atom. The minimum absolute atomic E-state index is 0.0604. The summed E-state index contributed by atoms with van der Waals surface area (Å²) in [4.78, 5) is 11.9. The van der Waals surface area contributed by atoms with Crippen molar-refractivity contribution in [3.8, 4) is 11.5 Å². The molecule has 1 aromatic rings. The maximum atomic E-state index is 11.9. The third-order valence-electron chi connectivity index (χ3n) is 3.05. The molecule has 96 valence electrons. The number of carbonyl (C=O) groups is 1. The van der Waals surface area contributed by atoms with Crippen LogP contribution in [-0.4, -0.2) is 32.5 Å². The van der Waals surface area contributed by atoms with E-state index in [2.05, 4.69) is 0 Å². The zero-order valence-electron chi connectivity index (χ0n) is 10.2. The lowest BCUT2D eigenvalue weighted by Gasteiger charge is -2.22. The summed E-state index contributed by atoms with van der Waals surface area (Å²) in [6.45, 7) is 1.46. The van der Waals surface area contributed by atoms with Gasteiger partial charge in [-0.3, -0.25) is 0 Å². The number of phenols is 1. The summed E-state index contributed by atoms with van der Waals surface area (Å²) >= 11 is 0. The number of benzene rings is 1. The number of aliphatic hydroxyl groups excluding tert-OH is 1. The normalized spacial score (nSPS) is 20.3. The second kappa shape index (κ2) is 3.98. The molecule has 5 nitrogen and oxygen atoms in total. The van der Waals surface area contributed by atoms with Gasteiger partial charge >= 0.3 is 5.91 Å². The maximum Gasteiger partial charge on any atom is 0.390 e. The molecule has 1 amide bonds. The van der Waals surface area contributed by atoms with Gasteiger partial charge in [-0.1, -0.05) is 0 Å². The Bertz CT molecular complexity index is 670. The molecule has 19 heavy (non-hydrogen) atoms. The van der Waals surface area contributed by atoms with Gasteiger partial charge in [0, 0.05) is 24.3 Å². The number of aromatic hydroxyl groups is 1. The lowest BCUT2D eigenvalue weighted by atomic mass is 10.0. The predicted molar refractivity (Wildman–Crippen MR) is 68.0 cm³/mol. The van der Waals surface area contributed by atoms with E-state index in [0.29, 0.717) is 17.1 Å². The molecule has 0 saturated carbocycles. The van der Waals surface area contributed by atoms with E-state index in [1.807, 2.05) is 0 Å². The van der Waals surface area contributed by atoms with Gasteiger partial charge < -0.3 is 14.9 Å². The monoisotopic (exact) mass is 258 g/mol. The molecule has 0 bridgehead atoms. The second-order valence-corrected chi connectivity index (χ2v) is 4.39. The van der Waals surface area contributed by atoms with E-state index >= 15 is 0 Å². The van der Waals surface area contributed by atoms with E-state index in [9.17, 15) is 15.0 Å². The molecule has 2 N–H and O–H groups in total. The summed E-state index contributed by atoms with van der Waals surface area (Å²) < 4.78 is 7.21. The molecule has 0 saturated heterocycles. The van der Waals surface area contributed by atoms with Crippen molar-refractivity contribution in [1.29, 1.82) is 0 Å². The first-order valence-electron chi connectivity index (χ1n) is 5.82. The topological polar surface area (TPSA) is 69.8 Å². The fraction of sp³-hybridized carbons (Fsp3) is 0.143. The number of rotatable bonds is 0. The summed E-state index contributed by atoms with van der Waals surface area (Å²) in [6.07, 6.45) is 4.13. The number of hydrogen-bond donors (Lipinski definition) is 2. The number of carbonyl (C=O) groups excluding carboxylic acids is 1. The molecule has 0 fully saturated rings. The van der Waals surface area contributed by atoms with Crippen LogP contribution in [-0.2, 0) is 4.79 Å². The van der Waals surface area contributed by atoms with Gasteiger partial charge in [0.1, 0.15) is 11.5 Å². The molecule has 1 heterocycles. The Hall–Kier alpha value is -2.56. The molecule has 3 rings (SSSR count). The van der Waals surface area contributed by atoms with E-state index in [0.717, 1.165) is 0 Å². The van der Waals surface area contributed by atoms with E-state index in [4.69, 9.17) is 4.74 Å². The SMILES string of the molecule is CC(=O)[N+]1=C2C=CC(O)=CC2Oc2cc(O)ccc21. The van der Waals surface area contributed by atoms with E-state index < -0.39 is 6.10 Å². The number of aliphatic hydroxyl groups is 1. The first-order chi connectivity index (χ1) is 9.06. The van der Waals surface area contributed by atoms with Crippen LogP contribution in [0.5, 0.6) is 11.5 Å². The van der Waals surface area contributed by atoms with Crippen molar-refractivity contribution in [3.05, 3.63) is 42.2 Å². The fourth-order valence-electron chi connectivity index (χ4n) is 2.27. The van der Waals surface area contributed by atoms with Gasteiger partial charge in [-0.05, 0) is 12.1 Å². The Morgan fingerprint density at radius 3 is 2.84 bits per heavy atom. The minimum Gasteiger partial charge on any atom is -0.508 e. The summed E-state index contributed by atoms with van der Waals surface area (Å²) in [7, 11) is 0. The first-order valence-corrected chi connectivity index (χ1v) is 5.82. The summed E-state index contributed by atoms with van der Waals surface area (Å²) in [5, 5.41) is 19.0. The zero-order valence-corrected chi connectivity index (χ0v) is 10.2. The van der Waals surface area contributed by atoms with Crippen molar-refractivity contribution in [2.24, 2.45) is 0 Å². The fourth-order valence-corrected chi connectivity index (χ4v) is 2.27. The van der Waals surface area contributed by atoms with Gasteiger partial charge in [-0.25, -0.2) is 4.79 Å². The summed E-state index contributed by atoms with van der Waals surface area (Å²) in [5.41, 5.74) is 1.22. The molecule has 1 aliphatic carbocycles. The number of nitrogens with zero attached hydrogens (tertiary/aromatic N) is 1. The lowest BCUT2D eigenvalue weighted by Crippen LogP contribution is -2.38. The van der Waals surface area contributed by atoms with Crippen LogP contribution in [0.15, 0.2) is 42.2 Å². The van der Waals surface area contributed by atoms with Crippen LogP contribution in [0.4, 0.5) is 5.69 Å². The molecule has 1 atom stereocenters. The third-order valence-corrected chi connectivity index (χ3v) is 3.05. The smallest absolute Gasteiger partial charge is 0.390 e. The molecule has 0 spiro atoms. The molecule has 1 unspecified atom stereocenters. The number of allylic oxidation sites excluding steroid dienone is 1. The van der Waals surface area contributed by atoms with Crippen molar-refractivity contribution >= 4 is 17.3 Å². The van der Waals surface area contributed by atoms with Crippen molar-refractivity contribution in [1.82, 2.24) is 0 Å². The van der Waals surface area contributed by atoms with Gasteiger partial charge in [0.25, 0.3) is 5.69 Å². The first kappa shape index (κ1) is 11.5. The molecule has 2 aliphatic rings. The standard InChI is InChI=1S/C14H11NO4/c1-8(16)15-11-4-2-9(17)6-13(11)19-14-7-10(18)3-5-12(14)15/h2-7,13H,1H3,(H-,17,18)/p+1. The van der Waals surface area contributed by atoms with Gasteiger partial charge in [0.05, 0.1) is 6.92 Å². The second-order valence-electron chi connectivity index (χ2n) is 4.39. The third kappa shape index (κ3) is 1.79. The molecular formula is C14H12NO4+. The average molecular weight is 258 g/mol. The van der Waals surface area contributed by atoms with Crippen LogP contribution in [0.3, 0.4) is 0 Å². The molecule has 1 aliphatic heterocycles. The quantitative estimate of drug-likeness (QED) is 0.696. The Kier molecular flexibility index (Phi) is 2.41. The van der Waals surface area contributed by atoms with Crippen molar-refractivity contribution in [2.45, 2.75) is 13.0 Å². The highest BCUT2D eigenvalue weighted by Gasteiger charge is 2.38. The lowest BCUT2D eigenvalue weighted by molar-refractivity contribution is -0.371. The van der Waals surface area contributed by atoms with Gasteiger partial charge in [-0.2, -0.15) is 0 Å². The Labute approximate surface area is 109 Å². The maximum absolute atomic E-state index is 11.9. The van der Waals surface area contributed by atoms with Crippen LogP contribution < -0.4 is 4.74 Å². The molecule has 0 radical (unpaired) electrons. The van der Waals surface area contributed by atoms with Crippen LogP contribution >= 0.6 is 0 Å². The van der Waals surface area contributed by atoms with Crippen molar-refractivity contribution in [3.63, 3.8) is 0 Å². The highest BCUT2D eigenvalue weighted by Crippen LogP contribution is 2.36. The number of fused-ring (bicyclic) bond motifs is 2. The number of amides is 1. The average Bonchev–Trinajstić information content (AvgIpc) is 2.35. The Morgan fingerprint density at radius 2 is 2.11 bits per heavy atom. The van der Waals surface area contributed by atoms with Crippen LogP contribution in [0.2, 0.25) is 0 Å². The van der Waals surface area contributed by atoms with E-state index in [-0.39, 0.29) is 17.4 Å². The zero-order chi connectivity index (χ0) is 13.6. The van der Waals surface area contributed by atoms with Gasteiger partial charge in [-0.15, -0.1) is 4.58 Å². The van der Waals surface area contributed by atoms with E-state index in [1.165, 1.54) is 35.8 Å². The van der Waals surface area contributed by atoms with Gasteiger partial charge in [0.2, 0.25) is 11.8 Å². The van der Waals surface area contributed by atoms with Crippen LogP contribution in [0.25, 0.3) is 0 Å². The summed E-state index contributed by atoms with van der Waals surface area (Å²) in [6, 6.07) is 4.57. The molecular weight excluding hydrogens is 246 g/mol.